The predicted octanol–water partition coefficient (Wildman–Crippen LogP) is 0.684. The molecule has 3 rings (SSSR count). The molecule has 4 nitrogen and oxygen atoms in total. The van der Waals surface area contributed by atoms with Gasteiger partial charge in [-0.2, -0.15) is 0 Å². The number of aliphatic hydroxyl groups is 1. The van der Waals surface area contributed by atoms with Crippen LogP contribution in [0.25, 0.3) is 0 Å². The van der Waals surface area contributed by atoms with Gasteiger partial charge >= 0.3 is 0 Å². The van der Waals surface area contributed by atoms with Crippen molar-refractivity contribution >= 4 is 0 Å². The Labute approximate surface area is 102 Å². The van der Waals surface area contributed by atoms with Gasteiger partial charge < -0.3 is 14.6 Å². The third-order valence-corrected chi connectivity index (χ3v) is 4.11. The SMILES string of the molecule is CN1CCC(Cc2ncc3n2CC(O)CC3)C1. The summed E-state index contributed by atoms with van der Waals surface area (Å²) >= 11 is 0. The predicted molar refractivity (Wildman–Crippen MR) is 65.9 cm³/mol. The molecule has 2 aliphatic heterocycles. The summed E-state index contributed by atoms with van der Waals surface area (Å²) in [6, 6.07) is 0. The zero-order valence-electron chi connectivity index (χ0n) is 10.5. The molecule has 2 unspecified atom stereocenters. The molecule has 0 spiro atoms. The molecule has 2 aliphatic rings. The smallest absolute Gasteiger partial charge is 0.109 e. The van der Waals surface area contributed by atoms with Crippen molar-refractivity contribution in [2.75, 3.05) is 20.1 Å². The molecule has 0 aromatic carbocycles. The summed E-state index contributed by atoms with van der Waals surface area (Å²) < 4.78 is 2.24. The van der Waals surface area contributed by atoms with Crippen molar-refractivity contribution in [2.24, 2.45) is 5.92 Å². The molecule has 1 fully saturated rings. The third-order valence-electron chi connectivity index (χ3n) is 4.11. The van der Waals surface area contributed by atoms with Crippen molar-refractivity contribution in [2.45, 2.75) is 38.3 Å². The summed E-state index contributed by atoms with van der Waals surface area (Å²) in [6.45, 7) is 3.14. The maximum absolute atomic E-state index is 9.74. The highest BCUT2D eigenvalue weighted by Gasteiger charge is 2.24. The Morgan fingerprint density at radius 3 is 3.06 bits per heavy atom. The molecule has 94 valence electrons. The van der Waals surface area contributed by atoms with Crippen molar-refractivity contribution in [1.29, 1.82) is 0 Å². The molecule has 4 heteroatoms. The van der Waals surface area contributed by atoms with Gasteiger partial charge in [-0.25, -0.2) is 4.98 Å². The highest BCUT2D eigenvalue weighted by atomic mass is 16.3. The van der Waals surface area contributed by atoms with Gasteiger partial charge in [0.15, 0.2) is 0 Å². The quantitative estimate of drug-likeness (QED) is 0.820. The number of rotatable bonds is 2. The Hall–Kier alpha value is -0.870. The average Bonchev–Trinajstić information content (AvgIpc) is 2.87. The number of aromatic nitrogens is 2. The maximum atomic E-state index is 9.74. The number of hydrogen-bond acceptors (Lipinski definition) is 3. The third kappa shape index (κ3) is 2.24. The van der Waals surface area contributed by atoms with E-state index in [1.807, 2.05) is 6.20 Å². The molecule has 0 saturated carbocycles. The number of aliphatic hydroxyl groups excluding tert-OH is 1. The second-order valence-corrected chi connectivity index (χ2v) is 5.59. The van der Waals surface area contributed by atoms with Crippen molar-refractivity contribution in [3.05, 3.63) is 17.7 Å². The van der Waals surface area contributed by atoms with Gasteiger partial charge in [-0.15, -0.1) is 0 Å². The molecular formula is C13H21N3O. The fourth-order valence-electron chi connectivity index (χ4n) is 3.11. The first-order chi connectivity index (χ1) is 8.22. The summed E-state index contributed by atoms with van der Waals surface area (Å²) in [5.41, 5.74) is 1.30. The number of imidazole rings is 1. The van der Waals surface area contributed by atoms with E-state index in [1.165, 1.54) is 31.0 Å². The lowest BCUT2D eigenvalue weighted by Crippen LogP contribution is -2.26. The van der Waals surface area contributed by atoms with Gasteiger partial charge in [-0.3, -0.25) is 0 Å². The summed E-state index contributed by atoms with van der Waals surface area (Å²) in [5, 5.41) is 9.74. The fraction of sp³-hybridized carbons (Fsp3) is 0.769. The average molecular weight is 235 g/mol. The van der Waals surface area contributed by atoms with Crippen LogP contribution >= 0.6 is 0 Å². The summed E-state index contributed by atoms with van der Waals surface area (Å²) in [4.78, 5) is 6.94. The first-order valence-electron chi connectivity index (χ1n) is 6.62. The fourth-order valence-corrected chi connectivity index (χ4v) is 3.11. The second kappa shape index (κ2) is 4.42. The van der Waals surface area contributed by atoms with Gasteiger partial charge in [0, 0.05) is 24.9 Å². The molecular weight excluding hydrogens is 214 g/mol. The Morgan fingerprint density at radius 2 is 2.29 bits per heavy atom. The Bertz CT molecular complexity index is 401. The van der Waals surface area contributed by atoms with Gasteiger partial charge in [0.25, 0.3) is 0 Å². The number of fused-ring (bicyclic) bond motifs is 1. The summed E-state index contributed by atoms with van der Waals surface area (Å²) in [6.07, 6.45) is 6.02. The van der Waals surface area contributed by atoms with Crippen LogP contribution in [0, 0.1) is 5.92 Å². The number of aryl methyl sites for hydroxylation is 1. The molecule has 0 amide bonds. The molecule has 1 aromatic rings. The van der Waals surface area contributed by atoms with E-state index in [0.29, 0.717) is 0 Å². The van der Waals surface area contributed by atoms with Crippen LogP contribution in [0.1, 0.15) is 24.4 Å². The van der Waals surface area contributed by atoms with Crippen LogP contribution in [-0.2, 0) is 19.4 Å². The van der Waals surface area contributed by atoms with E-state index in [2.05, 4.69) is 21.5 Å². The first-order valence-corrected chi connectivity index (χ1v) is 6.62. The van der Waals surface area contributed by atoms with E-state index in [0.717, 1.165) is 31.7 Å². The van der Waals surface area contributed by atoms with E-state index in [1.54, 1.807) is 0 Å². The van der Waals surface area contributed by atoms with Crippen LogP contribution in [-0.4, -0.2) is 45.8 Å². The van der Waals surface area contributed by atoms with Crippen LogP contribution < -0.4 is 0 Å². The maximum Gasteiger partial charge on any atom is 0.109 e. The van der Waals surface area contributed by atoms with Crippen molar-refractivity contribution in [3.63, 3.8) is 0 Å². The van der Waals surface area contributed by atoms with E-state index >= 15 is 0 Å². The second-order valence-electron chi connectivity index (χ2n) is 5.59. The van der Waals surface area contributed by atoms with Crippen molar-refractivity contribution < 1.29 is 5.11 Å². The normalized spacial score (nSPS) is 29.5. The summed E-state index contributed by atoms with van der Waals surface area (Å²) in [7, 11) is 2.19. The standard InChI is InChI=1S/C13H21N3O/c1-15-5-4-10(8-15)6-13-14-7-11-2-3-12(17)9-16(11)13/h7,10,12,17H,2-6,8-9H2,1H3. The highest BCUT2D eigenvalue weighted by Crippen LogP contribution is 2.22. The minimum atomic E-state index is -0.179. The molecule has 1 N–H and O–H groups in total. The molecule has 1 aromatic heterocycles. The Balaban J connectivity index is 1.73. The minimum Gasteiger partial charge on any atom is -0.391 e. The molecule has 0 radical (unpaired) electrons. The lowest BCUT2D eigenvalue weighted by Gasteiger charge is -2.22. The number of hydrogen-bond donors (Lipinski definition) is 1. The van der Waals surface area contributed by atoms with E-state index in [9.17, 15) is 5.11 Å². The molecule has 1 saturated heterocycles. The lowest BCUT2D eigenvalue weighted by molar-refractivity contribution is 0.129. The van der Waals surface area contributed by atoms with E-state index < -0.39 is 0 Å². The van der Waals surface area contributed by atoms with Crippen LogP contribution in [0.5, 0.6) is 0 Å². The van der Waals surface area contributed by atoms with Crippen molar-refractivity contribution in [1.82, 2.24) is 14.5 Å². The van der Waals surface area contributed by atoms with Gasteiger partial charge in [0.2, 0.25) is 0 Å². The van der Waals surface area contributed by atoms with Crippen LogP contribution in [0.4, 0.5) is 0 Å². The van der Waals surface area contributed by atoms with Gasteiger partial charge in [-0.1, -0.05) is 0 Å². The first kappa shape index (κ1) is 11.2. The zero-order valence-corrected chi connectivity index (χ0v) is 10.5. The number of likely N-dealkylation sites (tertiary alicyclic amines) is 1. The van der Waals surface area contributed by atoms with E-state index in [-0.39, 0.29) is 6.10 Å². The monoisotopic (exact) mass is 235 g/mol. The highest BCUT2D eigenvalue weighted by molar-refractivity contribution is 5.10. The van der Waals surface area contributed by atoms with Gasteiger partial charge in [0.05, 0.1) is 12.6 Å². The lowest BCUT2D eigenvalue weighted by atomic mass is 10.0. The van der Waals surface area contributed by atoms with E-state index in [4.69, 9.17) is 0 Å². The molecule has 2 atom stereocenters. The molecule has 3 heterocycles. The van der Waals surface area contributed by atoms with Crippen LogP contribution in [0.15, 0.2) is 6.20 Å². The van der Waals surface area contributed by atoms with Crippen LogP contribution in [0.3, 0.4) is 0 Å². The van der Waals surface area contributed by atoms with Gasteiger partial charge in [-0.05, 0) is 38.8 Å². The molecule has 0 aliphatic carbocycles. The Morgan fingerprint density at radius 1 is 1.41 bits per heavy atom. The topological polar surface area (TPSA) is 41.3 Å². The van der Waals surface area contributed by atoms with Gasteiger partial charge in [0.1, 0.15) is 5.82 Å². The number of nitrogens with zero attached hydrogens (tertiary/aromatic N) is 3. The largest absolute Gasteiger partial charge is 0.391 e. The molecule has 17 heavy (non-hydrogen) atoms. The van der Waals surface area contributed by atoms with Crippen LogP contribution in [0.2, 0.25) is 0 Å². The minimum absolute atomic E-state index is 0.179. The Kier molecular flexibility index (Phi) is 2.92. The zero-order chi connectivity index (χ0) is 11.8. The molecule has 0 bridgehead atoms. The summed E-state index contributed by atoms with van der Waals surface area (Å²) in [5.74, 6) is 1.92. The van der Waals surface area contributed by atoms with Crippen molar-refractivity contribution in [3.8, 4) is 0 Å².